The van der Waals surface area contributed by atoms with Crippen molar-refractivity contribution in [2.45, 2.75) is 6.18 Å². The third kappa shape index (κ3) is 3.17. The van der Waals surface area contributed by atoms with Crippen LogP contribution in [-0.2, 0) is 6.18 Å². The van der Waals surface area contributed by atoms with E-state index >= 15 is 0 Å². The zero-order valence-corrected chi connectivity index (χ0v) is 10.7. The van der Waals surface area contributed by atoms with Crippen molar-refractivity contribution in [3.05, 3.63) is 53.2 Å². The summed E-state index contributed by atoms with van der Waals surface area (Å²) in [4.78, 5) is 5.46. The average molecular weight is 287 g/mol. The van der Waals surface area contributed by atoms with Crippen molar-refractivity contribution in [1.29, 1.82) is 0 Å². The molecule has 2 aromatic rings. The van der Waals surface area contributed by atoms with Gasteiger partial charge in [0, 0.05) is 12.7 Å². The SMILES string of the molecule is CN(c1ccccc1)c1cc(C(F)(F)F)cc(Cl)n1. The fraction of sp³-hybridized carbons (Fsp3) is 0.154. The van der Waals surface area contributed by atoms with Gasteiger partial charge >= 0.3 is 6.18 Å². The molecule has 0 N–H and O–H groups in total. The Labute approximate surface area is 113 Å². The molecule has 6 heteroatoms. The summed E-state index contributed by atoms with van der Waals surface area (Å²) in [5, 5.41) is -0.187. The van der Waals surface area contributed by atoms with Gasteiger partial charge < -0.3 is 4.90 Å². The van der Waals surface area contributed by atoms with E-state index in [2.05, 4.69) is 4.98 Å². The molecule has 0 radical (unpaired) electrons. The lowest BCUT2D eigenvalue weighted by molar-refractivity contribution is -0.137. The van der Waals surface area contributed by atoms with Gasteiger partial charge in [-0.3, -0.25) is 0 Å². The van der Waals surface area contributed by atoms with Crippen molar-refractivity contribution in [2.75, 3.05) is 11.9 Å². The van der Waals surface area contributed by atoms with E-state index in [1.54, 1.807) is 36.2 Å². The number of pyridine rings is 1. The predicted molar refractivity (Wildman–Crippen MR) is 68.8 cm³/mol. The molecule has 0 unspecified atom stereocenters. The predicted octanol–water partition coefficient (Wildman–Crippen LogP) is 4.52. The average Bonchev–Trinajstić information content (AvgIpc) is 2.37. The van der Waals surface area contributed by atoms with Crippen molar-refractivity contribution in [2.24, 2.45) is 0 Å². The molecule has 0 aliphatic heterocycles. The van der Waals surface area contributed by atoms with Crippen LogP contribution in [0.4, 0.5) is 24.7 Å². The minimum Gasteiger partial charge on any atom is -0.329 e. The van der Waals surface area contributed by atoms with Crippen molar-refractivity contribution in [3.63, 3.8) is 0 Å². The van der Waals surface area contributed by atoms with Gasteiger partial charge in [-0.15, -0.1) is 0 Å². The van der Waals surface area contributed by atoms with Crippen molar-refractivity contribution >= 4 is 23.1 Å². The molecule has 0 saturated heterocycles. The monoisotopic (exact) mass is 286 g/mol. The highest BCUT2D eigenvalue weighted by molar-refractivity contribution is 6.29. The minimum atomic E-state index is -4.45. The van der Waals surface area contributed by atoms with Gasteiger partial charge in [-0.25, -0.2) is 4.98 Å². The van der Waals surface area contributed by atoms with E-state index in [1.807, 2.05) is 6.07 Å². The number of aromatic nitrogens is 1. The molecule has 0 saturated carbocycles. The number of para-hydroxylation sites is 1. The fourth-order valence-corrected chi connectivity index (χ4v) is 1.81. The first-order chi connectivity index (χ1) is 8.88. The summed E-state index contributed by atoms with van der Waals surface area (Å²) in [7, 11) is 1.63. The molecule has 0 bridgehead atoms. The summed E-state index contributed by atoms with van der Waals surface area (Å²) >= 11 is 5.65. The van der Waals surface area contributed by atoms with Crippen LogP contribution in [0.2, 0.25) is 5.15 Å². The second kappa shape index (κ2) is 5.09. The quantitative estimate of drug-likeness (QED) is 0.755. The summed E-state index contributed by atoms with van der Waals surface area (Å²) in [6, 6.07) is 10.7. The van der Waals surface area contributed by atoms with Gasteiger partial charge in [-0.05, 0) is 24.3 Å². The lowest BCUT2D eigenvalue weighted by atomic mass is 10.2. The van der Waals surface area contributed by atoms with Gasteiger partial charge in [0.15, 0.2) is 0 Å². The van der Waals surface area contributed by atoms with Crippen LogP contribution in [0.25, 0.3) is 0 Å². The van der Waals surface area contributed by atoms with E-state index in [0.717, 1.165) is 17.8 Å². The zero-order valence-electron chi connectivity index (χ0n) is 9.95. The van der Waals surface area contributed by atoms with Crippen LogP contribution in [0.1, 0.15) is 5.56 Å². The highest BCUT2D eigenvalue weighted by Gasteiger charge is 2.32. The minimum absolute atomic E-state index is 0.144. The molecule has 2 nitrogen and oxygen atoms in total. The van der Waals surface area contributed by atoms with Gasteiger partial charge in [0.05, 0.1) is 5.56 Å². The van der Waals surface area contributed by atoms with Crippen LogP contribution < -0.4 is 4.90 Å². The number of anilines is 2. The second-order valence-corrected chi connectivity index (χ2v) is 4.32. The number of rotatable bonds is 2. The molecular formula is C13H10ClF3N2. The maximum absolute atomic E-state index is 12.7. The molecule has 19 heavy (non-hydrogen) atoms. The first-order valence-corrected chi connectivity index (χ1v) is 5.79. The summed E-state index contributed by atoms with van der Waals surface area (Å²) in [6.07, 6.45) is -4.45. The molecule has 0 aliphatic rings. The van der Waals surface area contributed by atoms with Gasteiger partial charge in [0.25, 0.3) is 0 Å². The van der Waals surface area contributed by atoms with E-state index in [-0.39, 0.29) is 11.0 Å². The number of halogens is 4. The van der Waals surface area contributed by atoms with Crippen LogP contribution >= 0.6 is 11.6 Å². The molecular weight excluding hydrogens is 277 g/mol. The van der Waals surface area contributed by atoms with Crippen LogP contribution in [0.5, 0.6) is 0 Å². The Morgan fingerprint density at radius 1 is 1.11 bits per heavy atom. The lowest BCUT2D eigenvalue weighted by Crippen LogP contribution is -2.13. The molecule has 1 aromatic carbocycles. The lowest BCUT2D eigenvalue weighted by Gasteiger charge is -2.19. The Balaban J connectivity index is 2.43. The topological polar surface area (TPSA) is 16.1 Å². The van der Waals surface area contributed by atoms with E-state index in [0.29, 0.717) is 0 Å². The van der Waals surface area contributed by atoms with Gasteiger partial charge in [0.1, 0.15) is 11.0 Å². The van der Waals surface area contributed by atoms with Crippen LogP contribution in [-0.4, -0.2) is 12.0 Å². The van der Waals surface area contributed by atoms with Crippen molar-refractivity contribution < 1.29 is 13.2 Å². The third-order valence-electron chi connectivity index (χ3n) is 2.60. The molecule has 0 fully saturated rings. The molecule has 1 aromatic heterocycles. The number of hydrogen-bond donors (Lipinski definition) is 0. The Kier molecular flexibility index (Phi) is 3.66. The highest BCUT2D eigenvalue weighted by Crippen LogP contribution is 2.33. The summed E-state index contributed by atoms with van der Waals surface area (Å²) in [5.41, 5.74) is -0.0873. The number of hydrogen-bond acceptors (Lipinski definition) is 2. The molecule has 1 heterocycles. The molecule has 2 rings (SSSR count). The normalized spacial score (nSPS) is 11.4. The Bertz CT molecular complexity index is 570. The fourth-order valence-electron chi connectivity index (χ4n) is 1.60. The zero-order chi connectivity index (χ0) is 14.0. The molecule has 100 valence electrons. The smallest absolute Gasteiger partial charge is 0.329 e. The summed E-state index contributed by atoms with van der Waals surface area (Å²) in [6.45, 7) is 0. The summed E-state index contributed by atoms with van der Waals surface area (Å²) < 4.78 is 38.1. The summed E-state index contributed by atoms with van der Waals surface area (Å²) in [5.74, 6) is 0.144. The van der Waals surface area contributed by atoms with E-state index in [1.165, 1.54) is 0 Å². The standard InChI is InChI=1S/C13H10ClF3N2/c1-19(10-5-3-2-4-6-10)12-8-9(13(15,16)17)7-11(14)18-12/h2-8H,1H3. The number of benzene rings is 1. The van der Waals surface area contributed by atoms with Gasteiger partial charge in [-0.1, -0.05) is 29.8 Å². The highest BCUT2D eigenvalue weighted by atomic mass is 35.5. The van der Waals surface area contributed by atoms with Crippen LogP contribution in [0.3, 0.4) is 0 Å². The maximum Gasteiger partial charge on any atom is 0.416 e. The van der Waals surface area contributed by atoms with E-state index < -0.39 is 11.7 Å². The Morgan fingerprint density at radius 2 is 1.74 bits per heavy atom. The van der Waals surface area contributed by atoms with Crippen molar-refractivity contribution in [1.82, 2.24) is 4.98 Å². The van der Waals surface area contributed by atoms with E-state index in [9.17, 15) is 13.2 Å². The molecule has 0 amide bonds. The van der Waals surface area contributed by atoms with E-state index in [4.69, 9.17) is 11.6 Å². The van der Waals surface area contributed by atoms with Crippen molar-refractivity contribution in [3.8, 4) is 0 Å². The van der Waals surface area contributed by atoms with Crippen LogP contribution in [0, 0.1) is 0 Å². The first-order valence-electron chi connectivity index (χ1n) is 5.41. The molecule has 0 atom stereocenters. The van der Waals surface area contributed by atoms with Crippen LogP contribution in [0.15, 0.2) is 42.5 Å². The van der Waals surface area contributed by atoms with Gasteiger partial charge in [0.2, 0.25) is 0 Å². The number of nitrogens with zero attached hydrogens (tertiary/aromatic N) is 2. The maximum atomic E-state index is 12.7. The Hall–Kier alpha value is -1.75. The second-order valence-electron chi connectivity index (χ2n) is 3.93. The molecule has 0 aliphatic carbocycles. The third-order valence-corrected chi connectivity index (χ3v) is 2.79. The molecule has 0 spiro atoms. The Morgan fingerprint density at radius 3 is 2.32 bits per heavy atom. The van der Waals surface area contributed by atoms with Gasteiger partial charge in [-0.2, -0.15) is 13.2 Å². The number of alkyl halides is 3. The first kappa shape index (κ1) is 13.7. The largest absolute Gasteiger partial charge is 0.416 e.